The van der Waals surface area contributed by atoms with E-state index in [-0.39, 0.29) is 22.6 Å². The van der Waals surface area contributed by atoms with E-state index in [4.69, 9.17) is 4.74 Å². The molecule has 0 radical (unpaired) electrons. The van der Waals surface area contributed by atoms with Crippen LogP contribution in [0.1, 0.15) is 78.6 Å². The van der Waals surface area contributed by atoms with Gasteiger partial charge >= 0.3 is 5.97 Å². The van der Waals surface area contributed by atoms with E-state index in [0.29, 0.717) is 31.7 Å². The van der Waals surface area contributed by atoms with E-state index < -0.39 is 11.3 Å². The molecular formula is C26H32O4. The summed E-state index contributed by atoms with van der Waals surface area (Å²) >= 11 is 0. The molecule has 5 aliphatic rings. The Labute approximate surface area is 178 Å². The van der Waals surface area contributed by atoms with E-state index in [2.05, 4.69) is 19.9 Å². The van der Waals surface area contributed by atoms with Gasteiger partial charge in [0, 0.05) is 18.3 Å². The smallest absolute Gasteiger partial charge is 0.313 e. The lowest BCUT2D eigenvalue weighted by molar-refractivity contribution is -0.147. The zero-order valence-corrected chi connectivity index (χ0v) is 18.4. The SMILES string of the molecule is CCCOC(=O)[C@@H]1CC2=CC(=O)CCC2(C)C2=C1C1=CC[C@@]3(C)CCC(=O)[C@@]13CC2. The quantitative estimate of drug-likeness (QED) is 0.615. The highest BCUT2D eigenvalue weighted by atomic mass is 16.5. The van der Waals surface area contributed by atoms with Gasteiger partial charge in [-0.15, -0.1) is 0 Å². The Morgan fingerprint density at radius 1 is 1.13 bits per heavy atom. The summed E-state index contributed by atoms with van der Waals surface area (Å²) in [5, 5.41) is 0. The predicted octanol–water partition coefficient (Wildman–Crippen LogP) is 5.03. The lowest BCUT2D eigenvalue weighted by Crippen LogP contribution is -2.46. The van der Waals surface area contributed by atoms with Crippen LogP contribution in [0.4, 0.5) is 0 Å². The number of allylic oxidation sites excluding steroid dienone is 5. The summed E-state index contributed by atoms with van der Waals surface area (Å²) in [4.78, 5) is 38.8. The van der Waals surface area contributed by atoms with Gasteiger partial charge in [-0.2, -0.15) is 0 Å². The number of hydrogen-bond acceptors (Lipinski definition) is 4. The van der Waals surface area contributed by atoms with Crippen LogP contribution in [0.3, 0.4) is 0 Å². The molecule has 0 aliphatic heterocycles. The van der Waals surface area contributed by atoms with Crippen LogP contribution in [0.15, 0.2) is 34.4 Å². The van der Waals surface area contributed by atoms with Crippen LogP contribution in [0.5, 0.6) is 0 Å². The molecule has 1 fully saturated rings. The fourth-order valence-corrected chi connectivity index (χ4v) is 7.32. The second kappa shape index (κ2) is 6.51. The summed E-state index contributed by atoms with van der Waals surface area (Å²) in [7, 11) is 0. The zero-order valence-electron chi connectivity index (χ0n) is 18.4. The molecule has 0 bridgehead atoms. The summed E-state index contributed by atoms with van der Waals surface area (Å²) in [5.41, 5.74) is 4.03. The van der Waals surface area contributed by atoms with Crippen molar-refractivity contribution < 1.29 is 19.1 Å². The molecule has 1 saturated carbocycles. The van der Waals surface area contributed by atoms with Gasteiger partial charge in [-0.05, 0) is 67.6 Å². The minimum absolute atomic E-state index is 0.0185. The van der Waals surface area contributed by atoms with Crippen molar-refractivity contribution in [2.75, 3.05) is 6.61 Å². The van der Waals surface area contributed by atoms with Crippen molar-refractivity contribution >= 4 is 17.5 Å². The molecular weight excluding hydrogens is 376 g/mol. The molecule has 4 atom stereocenters. The van der Waals surface area contributed by atoms with Gasteiger partial charge in [-0.1, -0.05) is 38.0 Å². The number of Topliss-reactive ketones (excluding diaryl/α,β-unsaturated/α-hetero) is 1. The van der Waals surface area contributed by atoms with Crippen molar-refractivity contribution in [3.05, 3.63) is 34.4 Å². The second-order valence-corrected chi connectivity index (χ2v) is 10.5. The van der Waals surface area contributed by atoms with Gasteiger partial charge in [0.05, 0.1) is 17.9 Å². The Morgan fingerprint density at radius 2 is 1.93 bits per heavy atom. The third-order valence-corrected chi connectivity index (χ3v) is 9.08. The van der Waals surface area contributed by atoms with E-state index in [0.717, 1.165) is 55.2 Å². The Kier molecular flexibility index (Phi) is 4.33. The van der Waals surface area contributed by atoms with Crippen LogP contribution in [0.2, 0.25) is 0 Å². The molecule has 5 aliphatic carbocycles. The van der Waals surface area contributed by atoms with E-state index >= 15 is 0 Å². The van der Waals surface area contributed by atoms with Crippen LogP contribution < -0.4 is 0 Å². The summed E-state index contributed by atoms with van der Waals surface area (Å²) in [5.74, 6) is -0.0531. The fraction of sp³-hybridized carbons (Fsp3) is 0.654. The highest BCUT2D eigenvalue weighted by Gasteiger charge is 2.65. The molecule has 0 amide bonds. The molecule has 4 nitrogen and oxygen atoms in total. The summed E-state index contributed by atoms with van der Waals surface area (Å²) in [6.45, 7) is 6.92. The van der Waals surface area contributed by atoms with E-state index in [1.807, 2.05) is 6.92 Å². The van der Waals surface area contributed by atoms with Crippen molar-refractivity contribution in [2.24, 2.45) is 22.2 Å². The second-order valence-electron chi connectivity index (χ2n) is 10.5. The number of hydrogen-bond donors (Lipinski definition) is 0. The van der Waals surface area contributed by atoms with Crippen molar-refractivity contribution in [1.29, 1.82) is 0 Å². The molecule has 0 N–H and O–H groups in total. The van der Waals surface area contributed by atoms with Crippen molar-refractivity contribution in [3.63, 3.8) is 0 Å². The number of ether oxygens (including phenoxy) is 1. The first kappa shape index (κ1) is 20.0. The fourth-order valence-electron chi connectivity index (χ4n) is 7.32. The van der Waals surface area contributed by atoms with E-state index in [9.17, 15) is 14.4 Å². The summed E-state index contributed by atoms with van der Waals surface area (Å²) in [6, 6.07) is 0. The maximum atomic E-state index is 13.3. The van der Waals surface area contributed by atoms with E-state index in [1.165, 1.54) is 5.57 Å². The topological polar surface area (TPSA) is 60.4 Å². The minimum atomic E-state index is -0.419. The van der Waals surface area contributed by atoms with Crippen LogP contribution in [-0.4, -0.2) is 24.1 Å². The number of carbonyl (C=O) groups is 3. The molecule has 1 spiro atoms. The van der Waals surface area contributed by atoms with Crippen molar-refractivity contribution in [2.45, 2.75) is 78.6 Å². The van der Waals surface area contributed by atoms with Gasteiger partial charge in [0.25, 0.3) is 0 Å². The molecule has 0 heterocycles. The molecule has 0 aromatic heterocycles. The molecule has 1 unspecified atom stereocenters. The first-order chi connectivity index (χ1) is 14.3. The molecule has 30 heavy (non-hydrogen) atoms. The standard InChI is InChI=1S/C26H32O4/c1-4-13-30-23(29)18-15-16-14-17(27)5-11-25(16,3)19-7-12-26-20(22(18)19)6-9-24(26,2)10-8-21(26)28/h6,14,18H,4-5,7-13,15H2,1-3H3/t18-,24+,25?,26-/m1/s1. The van der Waals surface area contributed by atoms with Gasteiger partial charge in [0.2, 0.25) is 0 Å². The molecule has 4 heteroatoms. The third kappa shape index (κ3) is 2.37. The van der Waals surface area contributed by atoms with Crippen LogP contribution in [0, 0.1) is 22.2 Å². The molecule has 160 valence electrons. The first-order valence-electron chi connectivity index (χ1n) is 11.7. The van der Waals surface area contributed by atoms with Gasteiger partial charge in [-0.3, -0.25) is 14.4 Å². The average Bonchev–Trinajstić information content (AvgIpc) is 3.16. The van der Waals surface area contributed by atoms with Gasteiger partial charge < -0.3 is 4.74 Å². The lowest BCUT2D eigenvalue weighted by atomic mass is 9.50. The molecule has 0 saturated heterocycles. The Bertz CT molecular complexity index is 950. The molecule has 5 rings (SSSR count). The normalized spacial score (nSPS) is 39.6. The van der Waals surface area contributed by atoms with E-state index in [1.54, 1.807) is 6.08 Å². The number of esters is 1. The predicted molar refractivity (Wildman–Crippen MR) is 114 cm³/mol. The minimum Gasteiger partial charge on any atom is -0.465 e. The van der Waals surface area contributed by atoms with Crippen molar-refractivity contribution in [1.82, 2.24) is 0 Å². The summed E-state index contributed by atoms with van der Waals surface area (Å²) < 4.78 is 5.63. The monoisotopic (exact) mass is 408 g/mol. The van der Waals surface area contributed by atoms with Crippen LogP contribution in [-0.2, 0) is 19.1 Å². The van der Waals surface area contributed by atoms with Gasteiger partial charge in [0.1, 0.15) is 5.78 Å². The number of ketones is 2. The maximum absolute atomic E-state index is 13.3. The summed E-state index contributed by atoms with van der Waals surface area (Å²) in [6.07, 6.45) is 11.0. The zero-order chi connectivity index (χ0) is 21.3. The average molecular weight is 409 g/mol. The Balaban J connectivity index is 1.69. The third-order valence-electron chi connectivity index (χ3n) is 9.08. The molecule has 0 aromatic rings. The largest absolute Gasteiger partial charge is 0.465 e. The number of fused-ring (bicyclic) bond motifs is 3. The maximum Gasteiger partial charge on any atom is 0.313 e. The lowest BCUT2D eigenvalue weighted by Gasteiger charge is -2.52. The van der Waals surface area contributed by atoms with Gasteiger partial charge in [-0.25, -0.2) is 0 Å². The van der Waals surface area contributed by atoms with Crippen molar-refractivity contribution in [3.8, 4) is 0 Å². The molecule has 0 aromatic carbocycles. The van der Waals surface area contributed by atoms with Gasteiger partial charge in [0.15, 0.2) is 5.78 Å². The highest BCUT2D eigenvalue weighted by Crippen LogP contribution is 2.70. The van der Waals surface area contributed by atoms with Crippen LogP contribution >= 0.6 is 0 Å². The van der Waals surface area contributed by atoms with Crippen LogP contribution in [0.25, 0.3) is 0 Å². The number of carbonyl (C=O) groups excluding carboxylic acids is 3. The highest BCUT2D eigenvalue weighted by molar-refractivity contribution is 5.96. The number of rotatable bonds is 3. The Morgan fingerprint density at radius 3 is 2.70 bits per heavy atom. The Hall–Kier alpha value is -1.97. The first-order valence-corrected chi connectivity index (χ1v) is 11.7.